The van der Waals surface area contributed by atoms with E-state index in [1.165, 1.54) is 30.5 Å². The van der Waals surface area contributed by atoms with Crippen molar-refractivity contribution in [2.45, 2.75) is 25.4 Å². The van der Waals surface area contributed by atoms with E-state index in [9.17, 15) is 18.8 Å². The molecule has 2 aliphatic heterocycles. The number of carbonyl (C=O) groups excluding carboxylic acids is 3. The normalized spacial score (nSPS) is 29.2. The maximum Gasteiger partial charge on any atom is 0.326 e. The number of rotatable bonds is 4. The molecule has 3 heterocycles. The van der Waals surface area contributed by atoms with Gasteiger partial charge in [0.15, 0.2) is 0 Å². The van der Waals surface area contributed by atoms with Gasteiger partial charge in [-0.05, 0) is 50.2 Å². The number of imide groups is 1. The molecule has 0 aliphatic carbocycles. The second-order valence-electron chi connectivity index (χ2n) is 7.05. The SMILES string of the molecule is CCOC(=O)[C@]1(C)N[C@@H](c2ccco2)[C@H]2C(=O)N(c3ccc(F)cc3)C(=O)[C@H]21. The fourth-order valence-electron chi connectivity index (χ4n) is 4.16. The monoisotopic (exact) mass is 386 g/mol. The average molecular weight is 386 g/mol. The lowest BCUT2D eigenvalue weighted by Gasteiger charge is -2.28. The van der Waals surface area contributed by atoms with E-state index < -0.39 is 47.0 Å². The van der Waals surface area contributed by atoms with Crippen LogP contribution in [0.25, 0.3) is 0 Å². The molecular weight excluding hydrogens is 367 g/mol. The van der Waals surface area contributed by atoms with Gasteiger partial charge in [0.2, 0.25) is 11.8 Å². The number of benzene rings is 1. The van der Waals surface area contributed by atoms with Gasteiger partial charge in [-0.25, -0.2) is 9.29 Å². The number of amides is 2. The first-order valence-corrected chi connectivity index (χ1v) is 9.00. The maximum absolute atomic E-state index is 13.3. The fraction of sp³-hybridized carbons (Fsp3) is 0.350. The van der Waals surface area contributed by atoms with Gasteiger partial charge < -0.3 is 9.15 Å². The molecule has 0 radical (unpaired) electrons. The highest BCUT2D eigenvalue weighted by atomic mass is 19.1. The molecule has 2 amide bonds. The first-order chi connectivity index (χ1) is 13.4. The standard InChI is InChI=1S/C20H19FN2O5/c1-3-27-19(26)20(2)15-14(16(22-20)13-5-4-10-28-13)17(24)23(18(15)25)12-8-6-11(21)7-9-12/h4-10,14-16,22H,3H2,1-2H3/t14-,15-,16-,20+/m0/s1. The van der Waals surface area contributed by atoms with Crippen LogP contribution in [0, 0.1) is 17.7 Å². The molecule has 0 bridgehead atoms. The van der Waals surface area contributed by atoms with Crippen LogP contribution in [-0.2, 0) is 19.1 Å². The smallest absolute Gasteiger partial charge is 0.326 e. The molecule has 28 heavy (non-hydrogen) atoms. The minimum atomic E-state index is -1.40. The van der Waals surface area contributed by atoms with Crippen LogP contribution in [0.2, 0.25) is 0 Å². The predicted molar refractivity (Wildman–Crippen MR) is 95.5 cm³/mol. The van der Waals surface area contributed by atoms with E-state index in [1.807, 2.05) is 0 Å². The summed E-state index contributed by atoms with van der Waals surface area (Å²) in [5, 5.41) is 3.10. The van der Waals surface area contributed by atoms with Crippen molar-refractivity contribution in [3.8, 4) is 0 Å². The van der Waals surface area contributed by atoms with E-state index in [0.717, 1.165) is 4.90 Å². The van der Waals surface area contributed by atoms with E-state index in [2.05, 4.69) is 5.32 Å². The van der Waals surface area contributed by atoms with Crippen molar-refractivity contribution < 1.29 is 27.9 Å². The molecule has 1 N–H and O–H groups in total. The molecule has 4 rings (SSSR count). The molecule has 1 aromatic heterocycles. The Morgan fingerprint density at radius 2 is 1.96 bits per heavy atom. The fourth-order valence-corrected chi connectivity index (χ4v) is 4.16. The minimum Gasteiger partial charge on any atom is -0.468 e. The van der Waals surface area contributed by atoms with Crippen LogP contribution < -0.4 is 10.2 Å². The second kappa shape index (κ2) is 6.56. The first kappa shape index (κ1) is 18.4. The highest BCUT2D eigenvalue weighted by Crippen LogP contribution is 2.50. The summed E-state index contributed by atoms with van der Waals surface area (Å²) < 4.78 is 23.9. The van der Waals surface area contributed by atoms with E-state index in [-0.39, 0.29) is 12.3 Å². The second-order valence-corrected chi connectivity index (χ2v) is 7.05. The number of furan rings is 1. The number of hydrogen-bond acceptors (Lipinski definition) is 6. The molecule has 0 unspecified atom stereocenters. The van der Waals surface area contributed by atoms with Gasteiger partial charge in [-0.3, -0.25) is 19.7 Å². The Balaban J connectivity index is 1.80. The Morgan fingerprint density at radius 1 is 1.25 bits per heavy atom. The third kappa shape index (κ3) is 2.56. The summed E-state index contributed by atoms with van der Waals surface area (Å²) in [7, 11) is 0. The van der Waals surface area contributed by atoms with Crippen molar-refractivity contribution in [1.29, 1.82) is 0 Å². The zero-order valence-electron chi connectivity index (χ0n) is 15.3. The Kier molecular flexibility index (Phi) is 4.30. The van der Waals surface area contributed by atoms with Gasteiger partial charge in [0.25, 0.3) is 0 Å². The minimum absolute atomic E-state index is 0.142. The zero-order valence-corrected chi connectivity index (χ0v) is 15.3. The van der Waals surface area contributed by atoms with Crippen LogP contribution >= 0.6 is 0 Å². The molecule has 146 valence electrons. The van der Waals surface area contributed by atoms with Crippen LogP contribution in [0.15, 0.2) is 47.1 Å². The molecule has 0 spiro atoms. The highest BCUT2D eigenvalue weighted by molar-refractivity contribution is 6.24. The Hall–Kier alpha value is -3.00. The summed E-state index contributed by atoms with van der Waals surface area (Å²) >= 11 is 0. The number of halogens is 1. The topological polar surface area (TPSA) is 88.8 Å². The third-order valence-electron chi connectivity index (χ3n) is 5.42. The Morgan fingerprint density at radius 3 is 2.57 bits per heavy atom. The van der Waals surface area contributed by atoms with Gasteiger partial charge in [0.1, 0.15) is 17.1 Å². The maximum atomic E-state index is 13.3. The lowest BCUT2D eigenvalue weighted by Crippen LogP contribution is -2.54. The summed E-state index contributed by atoms with van der Waals surface area (Å²) in [5.74, 6) is -3.46. The quantitative estimate of drug-likeness (QED) is 0.640. The predicted octanol–water partition coefficient (Wildman–Crippen LogP) is 2.19. The van der Waals surface area contributed by atoms with Gasteiger partial charge in [-0.2, -0.15) is 0 Å². The van der Waals surface area contributed by atoms with Crippen LogP contribution in [-0.4, -0.2) is 29.9 Å². The van der Waals surface area contributed by atoms with Gasteiger partial charge in [-0.15, -0.1) is 0 Å². The third-order valence-corrected chi connectivity index (χ3v) is 5.42. The van der Waals surface area contributed by atoms with Crippen LogP contribution in [0.1, 0.15) is 25.6 Å². The van der Waals surface area contributed by atoms with Gasteiger partial charge in [0, 0.05) is 0 Å². The molecule has 1 aromatic carbocycles. The lowest BCUT2D eigenvalue weighted by atomic mass is 9.81. The molecule has 2 aromatic rings. The molecule has 8 heteroatoms. The van der Waals surface area contributed by atoms with E-state index in [0.29, 0.717) is 5.76 Å². The number of nitrogens with zero attached hydrogens (tertiary/aromatic N) is 1. The van der Waals surface area contributed by atoms with Crippen molar-refractivity contribution in [3.05, 3.63) is 54.2 Å². The number of fused-ring (bicyclic) bond motifs is 1. The van der Waals surface area contributed by atoms with Crippen molar-refractivity contribution >= 4 is 23.5 Å². The van der Waals surface area contributed by atoms with Crippen LogP contribution in [0.3, 0.4) is 0 Å². The number of anilines is 1. The molecule has 2 saturated heterocycles. The molecular formula is C20H19FN2O5. The van der Waals surface area contributed by atoms with Crippen molar-refractivity contribution in [1.82, 2.24) is 5.32 Å². The number of carbonyl (C=O) groups is 3. The number of hydrogen-bond donors (Lipinski definition) is 1. The van der Waals surface area contributed by atoms with Crippen LogP contribution in [0.4, 0.5) is 10.1 Å². The van der Waals surface area contributed by atoms with Gasteiger partial charge in [-0.1, -0.05) is 0 Å². The number of ether oxygens (including phenoxy) is 1. The van der Waals surface area contributed by atoms with Crippen LogP contribution in [0.5, 0.6) is 0 Å². The number of nitrogens with one attached hydrogen (secondary N) is 1. The summed E-state index contributed by atoms with van der Waals surface area (Å²) in [6.07, 6.45) is 1.46. The Bertz CT molecular complexity index is 927. The molecule has 4 atom stereocenters. The molecule has 2 aliphatic rings. The summed E-state index contributed by atoms with van der Waals surface area (Å²) in [6.45, 7) is 3.37. The molecule has 2 fully saturated rings. The summed E-state index contributed by atoms with van der Waals surface area (Å²) in [6, 6.07) is 7.77. The zero-order chi connectivity index (χ0) is 20.1. The number of esters is 1. The molecule has 0 saturated carbocycles. The summed E-state index contributed by atoms with van der Waals surface area (Å²) in [4.78, 5) is 40.2. The first-order valence-electron chi connectivity index (χ1n) is 9.00. The largest absolute Gasteiger partial charge is 0.468 e. The van der Waals surface area contributed by atoms with E-state index in [4.69, 9.17) is 9.15 Å². The Labute approximate surface area is 160 Å². The molecule has 7 nitrogen and oxygen atoms in total. The van der Waals surface area contributed by atoms with Gasteiger partial charge in [0.05, 0.1) is 36.4 Å². The van der Waals surface area contributed by atoms with E-state index in [1.54, 1.807) is 26.0 Å². The van der Waals surface area contributed by atoms with E-state index >= 15 is 0 Å². The average Bonchev–Trinajstić information content (AvgIpc) is 3.35. The van der Waals surface area contributed by atoms with Gasteiger partial charge >= 0.3 is 5.97 Å². The lowest BCUT2D eigenvalue weighted by molar-refractivity contribution is -0.153. The van der Waals surface area contributed by atoms with Crippen molar-refractivity contribution in [3.63, 3.8) is 0 Å². The highest BCUT2D eigenvalue weighted by Gasteiger charge is 2.67. The van der Waals surface area contributed by atoms with Crippen molar-refractivity contribution in [2.24, 2.45) is 11.8 Å². The summed E-state index contributed by atoms with van der Waals surface area (Å²) in [5.41, 5.74) is -1.14. The van der Waals surface area contributed by atoms with Crippen molar-refractivity contribution in [2.75, 3.05) is 11.5 Å².